The van der Waals surface area contributed by atoms with Crippen LogP contribution in [0.2, 0.25) is 0 Å². The van der Waals surface area contributed by atoms with E-state index in [0.29, 0.717) is 5.56 Å². The number of nitrogens with zero attached hydrogens (tertiary/aromatic N) is 1. The van der Waals surface area contributed by atoms with E-state index in [1.165, 1.54) is 18.3 Å². The van der Waals surface area contributed by atoms with Crippen LogP contribution in [-0.4, -0.2) is 13.4 Å². The maximum atomic E-state index is 13.3. The maximum Gasteiger partial charge on any atom is 0.263 e. The molecule has 0 saturated heterocycles. The van der Waals surface area contributed by atoms with Crippen LogP contribution in [0.1, 0.15) is 5.56 Å². The van der Waals surface area contributed by atoms with Crippen molar-refractivity contribution in [1.29, 1.82) is 0 Å². The summed E-state index contributed by atoms with van der Waals surface area (Å²) < 4.78 is 39.7. The fraction of sp³-hybridized carbons (Fsp3) is 0.0833. The number of aromatic nitrogens is 1. The Balaban J connectivity index is 2.38. The van der Waals surface area contributed by atoms with E-state index in [-0.39, 0.29) is 16.4 Å². The molecule has 0 aliphatic heterocycles. The highest BCUT2D eigenvalue weighted by atomic mass is 32.2. The molecule has 2 aromatic rings. The topological polar surface area (TPSA) is 85.1 Å². The minimum absolute atomic E-state index is 0.104. The summed E-state index contributed by atoms with van der Waals surface area (Å²) in [5.41, 5.74) is 5.87. The number of hydrogen-bond acceptors (Lipinski definition) is 4. The van der Waals surface area contributed by atoms with Gasteiger partial charge in [0.05, 0.1) is 10.6 Å². The van der Waals surface area contributed by atoms with Crippen molar-refractivity contribution in [3.8, 4) is 0 Å². The Morgan fingerprint density at radius 3 is 2.68 bits per heavy atom. The van der Waals surface area contributed by atoms with Crippen LogP contribution >= 0.6 is 0 Å². The summed E-state index contributed by atoms with van der Waals surface area (Å²) in [6, 6.07) is 6.72. The monoisotopic (exact) mass is 281 g/mol. The van der Waals surface area contributed by atoms with Gasteiger partial charge in [-0.05, 0) is 36.8 Å². The highest BCUT2D eigenvalue weighted by Gasteiger charge is 2.17. The molecular formula is C12H12FN3O2S. The van der Waals surface area contributed by atoms with Gasteiger partial charge in [0.25, 0.3) is 10.0 Å². The molecule has 0 fully saturated rings. The van der Waals surface area contributed by atoms with Crippen molar-refractivity contribution in [2.24, 2.45) is 0 Å². The third-order valence-corrected chi connectivity index (χ3v) is 3.86. The van der Waals surface area contributed by atoms with Crippen molar-refractivity contribution in [1.82, 2.24) is 4.98 Å². The van der Waals surface area contributed by atoms with E-state index < -0.39 is 15.8 Å². The first-order valence-corrected chi connectivity index (χ1v) is 6.88. The predicted molar refractivity (Wildman–Crippen MR) is 70.6 cm³/mol. The summed E-state index contributed by atoms with van der Waals surface area (Å²) in [7, 11) is -3.88. The SMILES string of the molecule is Cc1cccnc1NS(=O)(=O)c1ccc(N)c(F)c1. The van der Waals surface area contributed by atoms with Gasteiger partial charge in [0, 0.05) is 6.20 Å². The van der Waals surface area contributed by atoms with E-state index in [2.05, 4.69) is 9.71 Å². The lowest BCUT2D eigenvalue weighted by Crippen LogP contribution is -2.15. The summed E-state index contributed by atoms with van der Waals surface area (Å²) in [6.07, 6.45) is 1.47. The van der Waals surface area contributed by atoms with Crippen LogP contribution in [0.15, 0.2) is 41.4 Å². The highest BCUT2D eigenvalue weighted by Crippen LogP contribution is 2.20. The molecule has 7 heteroatoms. The second-order valence-electron chi connectivity index (χ2n) is 3.96. The molecule has 3 N–H and O–H groups in total. The van der Waals surface area contributed by atoms with Gasteiger partial charge in [0.15, 0.2) is 0 Å². The molecular weight excluding hydrogens is 269 g/mol. The van der Waals surface area contributed by atoms with Crippen LogP contribution in [0, 0.1) is 12.7 Å². The summed E-state index contributed by atoms with van der Waals surface area (Å²) in [4.78, 5) is 3.72. The van der Waals surface area contributed by atoms with Crippen molar-refractivity contribution < 1.29 is 12.8 Å². The second kappa shape index (κ2) is 4.85. The van der Waals surface area contributed by atoms with Crippen LogP contribution in [-0.2, 0) is 10.0 Å². The minimum atomic E-state index is -3.88. The molecule has 100 valence electrons. The molecule has 0 unspecified atom stereocenters. The van der Waals surface area contributed by atoms with Gasteiger partial charge in [0.1, 0.15) is 11.6 Å². The van der Waals surface area contributed by atoms with Crippen LogP contribution < -0.4 is 10.5 Å². The van der Waals surface area contributed by atoms with Crippen LogP contribution in [0.4, 0.5) is 15.9 Å². The van der Waals surface area contributed by atoms with Crippen molar-refractivity contribution in [3.05, 3.63) is 47.9 Å². The number of hydrogen-bond donors (Lipinski definition) is 2. The molecule has 0 aliphatic carbocycles. The molecule has 1 aromatic heterocycles. The van der Waals surface area contributed by atoms with E-state index in [1.807, 2.05) is 0 Å². The number of benzene rings is 1. The normalized spacial score (nSPS) is 11.3. The Bertz CT molecular complexity index is 717. The molecule has 2 rings (SSSR count). The summed E-state index contributed by atoms with van der Waals surface area (Å²) >= 11 is 0. The quantitative estimate of drug-likeness (QED) is 0.842. The Morgan fingerprint density at radius 1 is 1.32 bits per heavy atom. The third kappa shape index (κ3) is 2.82. The second-order valence-corrected chi connectivity index (χ2v) is 5.64. The van der Waals surface area contributed by atoms with Gasteiger partial charge in [0.2, 0.25) is 0 Å². The zero-order chi connectivity index (χ0) is 14.0. The molecule has 5 nitrogen and oxygen atoms in total. The highest BCUT2D eigenvalue weighted by molar-refractivity contribution is 7.92. The fourth-order valence-electron chi connectivity index (χ4n) is 1.45. The van der Waals surface area contributed by atoms with E-state index in [0.717, 1.165) is 6.07 Å². The standard InChI is InChI=1S/C12H12FN3O2S/c1-8-3-2-6-15-12(8)16-19(17,18)9-4-5-11(14)10(13)7-9/h2-7H,14H2,1H3,(H,15,16). The molecule has 0 saturated carbocycles. The van der Waals surface area contributed by atoms with Gasteiger partial charge in [-0.3, -0.25) is 4.72 Å². The molecule has 0 amide bonds. The summed E-state index contributed by atoms with van der Waals surface area (Å²) in [5, 5.41) is 0. The number of nitrogen functional groups attached to an aromatic ring is 1. The van der Waals surface area contributed by atoms with Crippen molar-refractivity contribution in [3.63, 3.8) is 0 Å². The van der Waals surface area contributed by atoms with E-state index >= 15 is 0 Å². The summed E-state index contributed by atoms with van der Waals surface area (Å²) in [5.74, 6) is -0.569. The van der Waals surface area contributed by atoms with Crippen LogP contribution in [0.25, 0.3) is 0 Å². The first-order valence-electron chi connectivity index (χ1n) is 5.39. The maximum absolute atomic E-state index is 13.3. The zero-order valence-electron chi connectivity index (χ0n) is 10.1. The Labute approximate surface area is 110 Å². The zero-order valence-corrected chi connectivity index (χ0v) is 10.9. The molecule has 0 atom stereocenters. The Kier molecular flexibility index (Phi) is 3.39. The number of nitrogens with one attached hydrogen (secondary N) is 1. The van der Waals surface area contributed by atoms with Crippen LogP contribution in [0.5, 0.6) is 0 Å². The number of halogens is 1. The first kappa shape index (κ1) is 13.3. The number of pyridine rings is 1. The van der Waals surface area contributed by atoms with Crippen molar-refractivity contribution >= 4 is 21.5 Å². The lowest BCUT2D eigenvalue weighted by molar-refractivity contribution is 0.596. The fourth-order valence-corrected chi connectivity index (χ4v) is 2.55. The Hall–Kier alpha value is -2.15. The largest absolute Gasteiger partial charge is 0.396 e. The van der Waals surface area contributed by atoms with Gasteiger partial charge in [-0.25, -0.2) is 17.8 Å². The average Bonchev–Trinajstić information content (AvgIpc) is 2.35. The number of nitrogens with two attached hydrogens (primary N) is 1. The molecule has 0 aliphatic rings. The smallest absolute Gasteiger partial charge is 0.263 e. The Morgan fingerprint density at radius 2 is 2.05 bits per heavy atom. The minimum Gasteiger partial charge on any atom is -0.396 e. The number of sulfonamides is 1. The first-order chi connectivity index (χ1) is 8.90. The number of aryl methyl sites for hydroxylation is 1. The average molecular weight is 281 g/mol. The molecule has 0 bridgehead atoms. The molecule has 1 aromatic carbocycles. The van der Waals surface area contributed by atoms with Gasteiger partial charge < -0.3 is 5.73 Å². The van der Waals surface area contributed by atoms with E-state index in [1.54, 1.807) is 19.1 Å². The molecule has 0 spiro atoms. The lowest BCUT2D eigenvalue weighted by Gasteiger charge is -2.09. The third-order valence-electron chi connectivity index (χ3n) is 2.52. The van der Waals surface area contributed by atoms with Gasteiger partial charge in [-0.15, -0.1) is 0 Å². The van der Waals surface area contributed by atoms with Crippen LogP contribution in [0.3, 0.4) is 0 Å². The molecule has 0 radical (unpaired) electrons. The van der Waals surface area contributed by atoms with Gasteiger partial charge in [-0.2, -0.15) is 0 Å². The van der Waals surface area contributed by atoms with Crippen molar-refractivity contribution in [2.45, 2.75) is 11.8 Å². The number of anilines is 2. The van der Waals surface area contributed by atoms with E-state index in [9.17, 15) is 12.8 Å². The van der Waals surface area contributed by atoms with Crippen molar-refractivity contribution in [2.75, 3.05) is 10.5 Å². The van der Waals surface area contributed by atoms with E-state index in [4.69, 9.17) is 5.73 Å². The molecule has 19 heavy (non-hydrogen) atoms. The van der Waals surface area contributed by atoms with Gasteiger partial charge >= 0.3 is 0 Å². The number of rotatable bonds is 3. The van der Waals surface area contributed by atoms with Gasteiger partial charge in [-0.1, -0.05) is 6.07 Å². The molecule has 1 heterocycles. The lowest BCUT2D eigenvalue weighted by atomic mass is 10.3. The predicted octanol–water partition coefficient (Wildman–Crippen LogP) is 1.91. The summed E-state index contributed by atoms with van der Waals surface area (Å²) in [6.45, 7) is 1.72.